The lowest BCUT2D eigenvalue weighted by molar-refractivity contribution is 0.0943. The summed E-state index contributed by atoms with van der Waals surface area (Å²) in [6.07, 6.45) is 1.64. The van der Waals surface area contributed by atoms with Crippen LogP contribution in [-0.4, -0.2) is 20.7 Å². The van der Waals surface area contributed by atoms with Gasteiger partial charge < -0.3 is 5.32 Å². The summed E-state index contributed by atoms with van der Waals surface area (Å²) in [6.45, 7) is 0.416. The van der Waals surface area contributed by atoms with Gasteiger partial charge in [-0.2, -0.15) is 5.10 Å². The van der Waals surface area contributed by atoms with Crippen molar-refractivity contribution in [3.8, 4) is 0 Å². The summed E-state index contributed by atoms with van der Waals surface area (Å²) in [5.74, 6) is -0.759. The molecule has 3 aromatic rings. The van der Waals surface area contributed by atoms with E-state index in [9.17, 15) is 14.0 Å². The Labute approximate surface area is 143 Å². The molecule has 3 rings (SSSR count). The first kappa shape index (κ1) is 16.5. The summed E-state index contributed by atoms with van der Waals surface area (Å²) in [6, 6.07) is 13.8. The highest BCUT2D eigenvalue weighted by molar-refractivity contribution is 5.91. The van der Waals surface area contributed by atoms with Gasteiger partial charge in [0.25, 0.3) is 11.5 Å². The van der Waals surface area contributed by atoms with E-state index in [4.69, 9.17) is 0 Å². The maximum Gasteiger partial charge on any atom is 0.272 e. The van der Waals surface area contributed by atoms with E-state index in [1.165, 1.54) is 28.9 Å². The number of rotatable bonds is 5. The number of nitrogens with zero attached hydrogens (tertiary/aromatic N) is 3. The van der Waals surface area contributed by atoms with Crippen molar-refractivity contribution in [1.82, 2.24) is 20.1 Å². The van der Waals surface area contributed by atoms with Crippen molar-refractivity contribution in [3.05, 3.63) is 93.9 Å². The van der Waals surface area contributed by atoms with Crippen LogP contribution in [0.2, 0.25) is 0 Å². The van der Waals surface area contributed by atoms with Crippen molar-refractivity contribution in [3.63, 3.8) is 0 Å². The van der Waals surface area contributed by atoms with Gasteiger partial charge in [-0.1, -0.05) is 18.2 Å². The summed E-state index contributed by atoms with van der Waals surface area (Å²) >= 11 is 0. The third-order valence-corrected chi connectivity index (χ3v) is 3.50. The Morgan fingerprint density at radius 1 is 1.08 bits per heavy atom. The molecule has 0 atom stereocenters. The molecule has 0 fully saturated rings. The third kappa shape index (κ3) is 4.35. The fraction of sp³-hybridized carbons (Fsp3) is 0.111. The highest BCUT2D eigenvalue weighted by atomic mass is 19.1. The van der Waals surface area contributed by atoms with E-state index >= 15 is 0 Å². The molecule has 0 spiro atoms. The normalized spacial score (nSPS) is 10.4. The minimum atomic E-state index is -0.404. The summed E-state index contributed by atoms with van der Waals surface area (Å²) in [5.41, 5.74) is 1.21. The number of carbonyl (C=O) groups excluding carboxylic acids is 1. The first-order valence-electron chi connectivity index (χ1n) is 7.62. The van der Waals surface area contributed by atoms with E-state index < -0.39 is 5.91 Å². The van der Waals surface area contributed by atoms with Crippen LogP contribution >= 0.6 is 0 Å². The monoisotopic (exact) mass is 338 g/mol. The number of pyridine rings is 1. The topological polar surface area (TPSA) is 76.9 Å². The second-order valence-corrected chi connectivity index (χ2v) is 5.34. The van der Waals surface area contributed by atoms with Gasteiger partial charge in [0, 0.05) is 12.3 Å². The van der Waals surface area contributed by atoms with Gasteiger partial charge in [-0.05, 0) is 35.9 Å². The summed E-state index contributed by atoms with van der Waals surface area (Å²) in [4.78, 5) is 28.3. The van der Waals surface area contributed by atoms with Crippen LogP contribution in [0.3, 0.4) is 0 Å². The predicted molar refractivity (Wildman–Crippen MR) is 89.4 cm³/mol. The Morgan fingerprint density at radius 3 is 2.60 bits per heavy atom. The number of benzene rings is 1. The average molecular weight is 338 g/mol. The minimum absolute atomic E-state index is 0.123. The Kier molecular flexibility index (Phi) is 4.94. The van der Waals surface area contributed by atoms with Crippen LogP contribution in [-0.2, 0) is 13.1 Å². The molecule has 0 aliphatic rings. The van der Waals surface area contributed by atoms with Crippen molar-refractivity contribution >= 4 is 5.91 Å². The maximum atomic E-state index is 13.0. The molecular formula is C18H15FN4O2. The standard InChI is InChI=1S/C18H15FN4O2/c19-14-6-4-13(5-7-14)12-23-17(24)9-8-16(22-23)18(25)21-11-15-3-1-2-10-20-15/h1-10H,11-12H2,(H,21,25). The van der Waals surface area contributed by atoms with Gasteiger partial charge in [0.15, 0.2) is 0 Å². The molecule has 2 aromatic heterocycles. The Morgan fingerprint density at radius 2 is 1.88 bits per heavy atom. The van der Waals surface area contributed by atoms with Crippen LogP contribution in [0.25, 0.3) is 0 Å². The van der Waals surface area contributed by atoms with Crippen molar-refractivity contribution in [1.29, 1.82) is 0 Å². The number of hydrogen-bond donors (Lipinski definition) is 1. The lowest BCUT2D eigenvalue weighted by Crippen LogP contribution is -2.29. The van der Waals surface area contributed by atoms with Gasteiger partial charge in [-0.15, -0.1) is 0 Å². The molecule has 6 nitrogen and oxygen atoms in total. The highest BCUT2D eigenvalue weighted by Crippen LogP contribution is 2.04. The summed E-state index contributed by atoms with van der Waals surface area (Å²) in [7, 11) is 0. The zero-order chi connectivity index (χ0) is 17.6. The van der Waals surface area contributed by atoms with Crippen LogP contribution in [0, 0.1) is 5.82 Å². The molecule has 0 aliphatic heterocycles. The molecule has 0 unspecified atom stereocenters. The first-order chi connectivity index (χ1) is 12.1. The van der Waals surface area contributed by atoms with Crippen LogP contribution in [0.4, 0.5) is 4.39 Å². The SMILES string of the molecule is O=C(NCc1ccccn1)c1ccc(=O)n(Cc2ccc(F)cc2)n1. The highest BCUT2D eigenvalue weighted by Gasteiger charge is 2.10. The lowest BCUT2D eigenvalue weighted by atomic mass is 10.2. The quantitative estimate of drug-likeness (QED) is 0.769. The Hall–Kier alpha value is -3.35. The van der Waals surface area contributed by atoms with E-state index in [1.54, 1.807) is 30.5 Å². The van der Waals surface area contributed by atoms with Gasteiger partial charge in [0.2, 0.25) is 0 Å². The molecule has 7 heteroatoms. The van der Waals surface area contributed by atoms with Crippen LogP contribution < -0.4 is 10.9 Å². The molecule has 0 saturated carbocycles. The Balaban J connectivity index is 1.73. The molecule has 2 heterocycles. The van der Waals surface area contributed by atoms with Crippen LogP contribution in [0.1, 0.15) is 21.7 Å². The molecule has 1 aromatic carbocycles. The van der Waals surface area contributed by atoms with Gasteiger partial charge in [-0.3, -0.25) is 14.6 Å². The van der Waals surface area contributed by atoms with Crippen molar-refractivity contribution in [2.75, 3.05) is 0 Å². The smallest absolute Gasteiger partial charge is 0.272 e. The molecule has 126 valence electrons. The molecule has 0 aliphatic carbocycles. The molecule has 1 amide bonds. The largest absolute Gasteiger partial charge is 0.345 e. The minimum Gasteiger partial charge on any atom is -0.345 e. The number of amides is 1. The molecule has 25 heavy (non-hydrogen) atoms. The maximum absolute atomic E-state index is 13.0. The van der Waals surface area contributed by atoms with E-state index in [1.807, 2.05) is 6.07 Å². The van der Waals surface area contributed by atoms with Gasteiger partial charge in [0.05, 0.1) is 18.8 Å². The van der Waals surface area contributed by atoms with Gasteiger partial charge >= 0.3 is 0 Å². The zero-order valence-corrected chi connectivity index (χ0v) is 13.2. The van der Waals surface area contributed by atoms with E-state index in [2.05, 4.69) is 15.4 Å². The fourth-order valence-electron chi connectivity index (χ4n) is 2.21. The Bertz CT molecular complexity index is 924. The third-order valence-electron chi connectivity index (χ3n) is 3.50. The summed E-state index contributed by atoms with van der Waals surface area (Å²) in [5, 5.41) is 6.78. The van der Waals surface area contributed by atoms with Gasteiger partial charge in [0.1, 0.15) is 11.5 Å². The second-order valence-electron chi connectivity index (χ2n) is 5.34. The number of carbonyl (C=O) groups is 1. The predicted octanol–water partition coefficient (Wildman–Crippen LogP) is 1.76. The van der Waals surface area contributed by atoms with E-state index in [0.29, 0.717) is 5.56 Å². The number of nitrogens with one attached hydrogen (secondary N) is 1. The second kappa shape index (κ2) is 7.48. The first-order valence-corrected chi connectivity index (χ1v) is 7.62. The molecule has 0 radical (unpaired) electrons. The number of halogens is 1. The zero-order valence-electron chi connectivity index (χ0n) is 13.2. The van der Waals surface area contributed by atoms with Crippen LogP contribution in [0.15, 0.2) is 65.6 Å². The lowest BCUT2D eigenvalue weighted by Gasteiger charge is -2.08. The van der Waals surface area contributed by atoms with E-state index in [0.717, 1.165) is 5.69 Å². The molecule has 0 bridgehead atoms. The molecule has 0 saturated heterocycles. The van der Waals surface area contributed by atoms with Crippen molar-refractivity contribution in [2.45, 2.75) is 13.1 Å². The van der Waals surface area contributed by atoms with E-state index in [-0.39, 0.29) is 30.2 Å². The molecular weight excluding hydrogens is 323 g/mol. The van der Waals surface area contributed by atoms with Crippen molar-refractivity contribution < 1.29 is 9.18 Å². The molecule has 1 N–H and O–H groups in total. The van der Waals surface area contributed by atoms with Crippen molar-refractivity contribution in [2.24, 2.45) is 0 Å². The fourth-order valence-corrected chi connectivity index (χ4v) is 2.21. The number of aromatic nitrogens is 3. The number of hydrogen-bond acceptors (Lipinski definition) is 4. The van der Waals surface area contributed by atoms with Crippen LogP contribution in [0.5, 0.6) is 0 Å². The van der Waals surface area contributed by atoms with Gasteiger partial charge in [-0.25, -0.2) is 9.07 Å². The summed E-state index contributed by atoms with van der Waals surface area (Å²) < 4.78 is 14.1. The average Bonchev–Trinajstić information content (AvgIpc) is 2.64.